The van der Waals surface area contributed by atoms with Crippen LogP contribution in [0, 0.1) is 5.92 Å². The average molecular weight is 251 g/mol. The number of aromatic nitrogens is 2. The van der Waals surface area contributed by atoms with Crippen molar-refractivity contribution in [3.05, 3.63) is 18.2 Å². The van der Waals surface area contributed by atoms with E-state index in [-0.39, 0.29) is 17.4 Å². The monoisotopic (exact) mass is 251 g/mol. The van der Waals surface area contributed by atoms with Crippen LogP contribution >= 0.6 is 0 Å². The Morgan fingerprint density at radius 3 is 3.17 bits per heavy atom. The number of ether oxygens (including phenoxy) is 1. The summed E-state index contributed by atoms with van der Waals surface area (Å²) in [7, 11) is 0. The van der Waals surface area contributed by atoms with Gasteiger partial charge in [0, 0.05) is 37.4 Å². The number of imidazole rings is 1. The zero-order valence-electron chi connectivity index (χ0n) is 11.0. The summed E-state index contributed by atoms with van der Waals surface area (Å²) in [5, 5.41) is 2.99. The largest absolute Gasteiger partial charge is 0.376 e. The SMILES string of the molecule is CC1(C)C[C@@H](C(=O)NCCc2cnc[nH]2)CCO1. The second-order valence-electron chi connectivity index (χ2n) is 5.42. The third-order valence-corrected chi connectivity index (χ3v) is 3.32. The molecule has 5 heteroatoms. The zero-order chi connectivity index (χ0) is 13.0. The first-order valence-corrected chi connectivity index (χ1v) is 6.46. The van der Waals surface area contributed by atoms with Crippen molar-refractivity contribution in [2.24, 2.45) is 5.92 Å². The minimum Gasteiger partial charge on any atom is -0.376 e. The van der Waals surface area contributed by atoms with E-state index >= 15 is 0 Å². The molecule has 2 rings (SSSR count). The molecule has 1 aliphatic rings. The maximum atomic E-state index is 12.0. The minimum absolute atomic E-state index is 0.0792. The normalized spacial score (nSPS) is 22.7. The Balaban J connectivity index is 1.74. The summed E-state index contributed by atoms with van der Waals surface area (Å²) in [6.07, 6.45) is 5.84. The van der Waals surface area contributed by atoms with Gasteiger partial charge < -0.3 is 15.0 Å². The van der Waals surface area contributed by atoms with Crippen molar-refractivity contribution in [2.75, 3.05) is 13.2 Å². The van der Waals surface area contributed by atoms with Crippen molar-refractivity contribution < 1.29 is 9.53 Å². The first-order chi connectivity index (χ1) is 8.57. The van der Waals surface area contributed by atoms with Crippen LogP contribution in [0.25, 0.3) is 0 Å². The van der Waals surface area contributed by atoms with Crippen LogP contribution in [0.15, 0.2) is 12.5 Å². The molecular weight excluding hydrogens is 230 g/mol. The highest BCUT2D eigenvalue weighted by molar-refractivity contribution is 5.78. The van der Waals surface area contributed by atoms with Gasteiger partial charge in [-0.25, -0.2) is 4.98 Å². The number of nitrogens with zero attached hydrogens (tertiary/aromatic N) is 1. The van der Waals surface area contributed by atoms with Crippen LogP contribution < -0.4 is 5.32 Å². The van der Waals surface area contributed by atoms with E-state index in [0.29, 0.717) is 13.2 Å². The number of carbonyl (C=O) groups is 1. The number of hydrogen-bond acceptors (Lipinski definition) is 3. The molecule has 1 aromatic rings. The molecule has 0 bridgehead atoms. The van der Waals surface area contributed by atoms with E-state index < -0.39 is 0 Å². The number of amides is 1. The van der Waals surface area contributed by atoms with E-state index in [1.165, 1.54) is 0 Å². The molecular formula is C13H21N3O2. The molecule has 0 saturated carbocycles. The minimum atomic E-state index is -0.177. The molecule has 18 heavy (non-hydrogen) atoms. The van der Waals surface area contributed by atoms with Crippen molar-refractivity contribution in [1.82, 2.24) is 15.3 Å². The second-order valence-corrected chi connectivity index (χ2v) is 5.42. The van der Waals surface area contributed by atoms with Gasteiger partial charge in [0.2, 0.25) is 5.91 Å². The van der Waals surface area contributed by atoms with Crippen molar-refractivity contribution in [1.29, 1.82) is 0 Å². The lowest BCUT2D eigenvalue weighted by atomic mass is 9.88. The fraction of sp³-hybridized carbons (Fsp3) is 0.692. The molecule has 0 radical (unpaired) electrons. The fourth-order valence-electron chi connectivity index (χ4n) is 2.34. The molecule has 1 aliphatic heterocycles. The van der Waals surface area contributed by atoms with Gasteiger partial charge >= 0.3 is 0 Å². The molecule has 1 aromatic heterocycles. The molecule has 5 nitrogen and oxygen atoms in total. The Morgan fingerprint density at radius 2 is 2.50 bits per heavy atom. The molecule has 1 saturated heterocycles. The first kappa shape index (κ1) is 13.1. The van der Waals surface area contributed by atoms with Crippen LogP contribution in [-0.4, -0.2) is 34.6 Å². The van der Waals surface area contributed by atoms with Crippen LogP contribution in [0.5, 0.6) is 0 Å². The predicted octanol–water partition coefficient (Wildman–Crippen LogP) is 1.27. The zero-order valence-corrected chi connectivity index (χ0v) is 11.0. The van der Waals surface area contributed by atoms with Crippen molar-refractivity contribution in [2.45, 2.75) is 38.7 Å². The molecule has 2 heterocycles. The van der Waals surface area contributed by atoms with Gasteiger partial charge in [-0.05, 0) is 26.7 Å². The summed E-state index contributed by atoms with van der Waals surface area (Å²) < 4.78 is 5.62. The Morgan fingerprint density at radius 1 is 1.67 bits per heavy atom. The van der Waals surface area contributed by atoms with Gasteiger partial charge in [0.1, 0.15) is 0 Å². The number of carbonyl (C=O) groups excluding carboxylic acids is 1. The van der Waals surface area contributed by atoms with Gasteiger partial charge in [0.25, 0.3) is 0 Å². The lowest BCUT2D eigenvalue weighted by molar-refractivity contribution is -0.135. The molecule has 1 fully saturated rings. The van der Waals surface area contributed by atoms with Crippen molar-refractivity contribution in [3.63, 3.8) is 0 Å². The Bertz CT molecular complexity index is 387. The number of rotatable bonds is 4. The number of nitrogens with one attached hydrogen (secondary N) is 2. The van der Waals surface area contributed by atoms with E-state index in [4.69, 9.17) is 4.74 Å². The Labute approximate surface area is 107 Å². The van der Waals surface area contributed by atoms with E-state index in [0.717, 1.165) is 25.0 Å². The van der Waals surface area contributed by atoms with Crippen molar-refractivity contribution in [3.8, 4) is 0 Å². The lowest BCUT2D eigenvalue weighted by Crippen LogP contribution is -2.41. The van der Waals surface area contributed by atoms with E-state index in [1.807, 2.05) is 13.8 Å². The Hall–Kier alpha value is -1.36. The van der Waals surface area contributed by atoms with Crippen LogP contribution in [0.3, 0.4) is 0 Å². The summed E-state index contributed by atoms with van der Waals surface area (Å²) >= 11 is 0. The number of aromatic amines is 1. The van der Waals surface area contributed by atoms with Gasteiger partial charge in [-0.15, -0.1) is 0 Å². The highest BCUT2D eigenvalue weighted by Gasteiger charge is 2.32. The smallest absolute Gasteiger partial charge is 0.223 e. The lowest BCUT2D eigenvalue weighted by Gasteiger charge is -2.34. The molecule has 1 atom stereocenters. The second kappa shape index (κ2) is 5.52. The maximum absolute atomic E-state index is 12.0. The van der Waals surface area contributed by atoms with E-state index in [2.05, 4.69) is 15.3 Å². The highest BCUT2D eigenvalue weighted by atomic mass is 16.5. The highest BCUT2D eigenvalue weighted by Crippen LogP contribution is 2.28. The van der Waals surface area contributed by atoms with Crippen LogP contribution in [-0.2, 0) is 16.0 Å². The average Bonchev–Trinajstić information content (AvgIpc) is 2.80. The third-order valence-electron chi connectivity index (χ3n) is 3.32. The number of H-pyrrole nitrogens is 1. The van der Waals surface area contributed by atoms with Gasteiger partial charge in [0.15, 0.2) is 0 Å². The molecule has 0 unspecified atom stereocenters. The quantitative estimate of drug-likeness (QED) is 0.847. The first-order valence-electron chi connectivity index (χ1n) is 6.46. The molecule has 0 spiro atoms. The van der Waals surface area contributed by atoms with Gasteiger partial charge in [-0.3, -0.25) is 4.79 Å². The summed E-state index contributed by atoms with van der Waals surface area (Å²) in [6, 6.07) is 0. The third kappa shape index (κ3) is 3.57. The van der Waals surface area contributed by atoms with Crippen LogP contribution in [0.4, 0.5) is 0 Å². The van der Waals surface area contributed by atoms with Gasteiger partial charge in [0.05, 0.1) is 11.9 Å². The topological polar surface area (TPSA) is 67.0 Å². The number of hydrogen-bond donors (Lipinski definition) is 2. The summed E-state index contributed by atoms with van der Waals surface area (Å²) in [5.41, 5.74) is 0.867. The van der Waals surface area contributed by atoms with Gasteiger partial charge in [-0.1, -0.05) is 0 Å². The predicted molar refractivity (Wildman–Crippen MR) is 68.1 cm³/mol. The Kier molecular flexibility index (Phi) is 4.01. The fourth-order valence-corrected chi connectivity index (χ4v) is 2.34. The molecule has 0 aromatic carbocycles. The molecule has 2 N–H and O–H groups in total. The molecule has 1 amide bonds. The van der Waals surface area contributed by atoms with E-state index in [1.54, 1.807) is 12.5 Å². The molecule has 0 aliphatic carbocycles. The summed E-state index contributed by atoms with van der Waals surface area (Å²) in [6.45, 7) is 5.40. The van der Waals surface area contributed by atoms with Gasteiger partial charge in [-0.2, -0.15) is 0 Å². The standard InChI is InChI=1S/C13H21N3O2/c1-13(2)7-10(4-6-18-13)12(17)15-5-3-11-8-14-9-16-11/h8-10H,3-7H2,1-2H3,(H,14,16)(H,15,17)/t10-/m0/s1. The van der Waals surface area contributed by atoms with Crippen molar-refractivity contribution >= 4 is 5.91 Å². The summed E-state index contributed by atoms with van der Waals surface area (Å²) in [5.74, 6) is 0.224. The van der Waals surface area contributed by atoms with E-state index in [9.17, 15) is 4.79 Å². The molecule has 100 valence electrons. The van der Waals surface area contributed by atoms with Crippen LogP contribution in [0.1, 0.15) is 32.4 Å². The van der Waals surface area contributed by atoms with Crippen LogP contribution in [0.2, 0.25) is 0 Å². The maximum Gasteiger partial charge on any atom is 0.223 e. The summed E-state index contributed by atoms with van der Waals surface area (Å²) in [4.78, 5) is 19.0.